The maximum absolute atomic E-state index is 12.6. The van der Waals surface area contributed by atoms with Crippen molar-refractivity contribution < 1.29 is 46.8 Å². The van der Waals surface area contributed by atoms with Crippen LogP contribution < -0.4 is 9.63 Å². The van der Waals surface area contributed by atoms with Crippen molar-refractivity contribution in [3.8, 4) is 5.75 Å². The van der Waals surface area contributed by atoms with Crippen molar-refractivity contribution in [1.29, 1.82) is 0 Å². The van der Waals surface area contributed by atoms with Crippen LogP contribution in [-0.2, 0) is 32.7 Å². The number of hydrogen-bond donors (Lipinski definition) is 0. The van der Waals surface area contributed by atoms with E-state index in [1.54, 1.807) is 6.08 Å². The Morgan fingerprint density at radius 3 is 1.52 bits per heavy atom. The minimum atomic E-state index is -4.77. The lowest BCUT2D eigenvalue weighted by Gasteiger charge is -2.29. The molecule has 0 fully saturated rings. The van der Waals surface area contributed by atoms with Crippen molar-refractivity contribution in [2.24, 2.45) is 0 Å². The van der Waals surface area contributed by atoms with Crippen LogP contribution in [0.2, 0.25) is 0 Å². The molecule has 0 aromatic heterocycles. The van der Waals surface area contributed by atoms with Crippen LogP contribution in [0.3, 0.4) is 0 Å². The molecule has 2 atom stereocenters. The van der Waals surface area contributed by atoms with E-state index < -0.39 is 32.5 Å². The molecule has 0 radical (unpaired) electrons. The van der Waals surface area contributed by atoms with Gasteiger partial charge in [-0.3, -0.25) is 9.36 Å². The summed E-state index contributed by atoms with van der Waals surface area (Å²) in [4.78, 5) is 37.8. The molecule has 1 unspecified atom stereocenters. The van der Waals surface area contributed by atoms with Gasteiger partial charge in [-0.15, -0.1) is 0 Å². The van der Waals surface area contributed by atoms with Crippen LogP contribution in [0.4, 0.5) is 0 Å². The molecule has 10 nitrogen and oxygen atoms in total. The molecule has 1 aromatic carbocycles. The van der Waals surface area contributed by atoms with Gasteiger partial charge >= 0.3 is 11.9 Å². The zero-order valence-corrected chi connectivity index (χ0v) is 39.8. The van der Waals surface area contributed by atoms with Gasteiger partial charge in [-0.2, -0.15) is 0 Å². The van der Waals surface area contributed by atoms with Gasteiger partial charge in [-0.1, -0.05) is 187 Å². The smallest absolute Gasteiger partial charge is 0.330 e. The third-order valence-electron chi connectivity index (χ3n) is 10.7. The van der Waals surface area contributed by atoms with Gasteiger partial charge in [-0.05, 0) is 36.6 Å². The normalized spacial score (nSPS) is 13.4. The fourth-order valence-electron chi connectivity index (χ4n) is 6.84. The van der Waals surface area contributed by atoms with E-state index in [1.807, 2.05) is 45.4 Å². The van der Waals surface area contributed by atoms with Crippen molar-refractivity contribution in [1.82, 2.24) is 0 Å². The minimum Gasteiger partial charge on any atom is -0.756 e. The first kappa shape index (κ1) is 55.8. The number of phosphoric ester groups is 1. The van der Waals surface area contributed by atoms with Gasteiger partial charge < -0.3 is 32.6 Å². The highest BCUT2D eigenvalue weighted by atomic mass is 31.2. The van der Waals surface area contributed by atoms with Crippen molar-refractivity contribution >= 4 is 25.8 Å². The molecule has 0 aliphatic carbocycles. The SMILES string of the molecule is CCCCCCCCCCCCCCCCOc1ccc(/C=C/C(=O)OC[C@H](COC(=O)CCCCCCCCCCCCCCC)OP(=O)([O-])OCC[N+](C)(C)C)cc1. The average Bonchev–Trinajstić information content (AvgIpc) is 3.21. The summed E-state index contributed by atoms with van der Waals surface area (Å²) in [6.07, 6.45) is 36.0. The molecule has 1 aromatic rings. The lowest BCUT2D eigenvalue weighted by Crippen LogP contribution is -2.38. The van der Waals surface area contributed by atoms with Crippen LogP contribution in [0.5, 0.6) is 5.75 Å². The molecule has 0 aliphatic heterocycles. The molecule has 0 N–H and O–H groups in total. The van der Waals surface area contributed by atoms with E-state index in [1.165, 1.54) is 147 Å². The van der Waals surface area contributed by atoms with Crippen LogP contribution in [0, 0.1) is 0 Å². The molecule has 0 heterocycles. The molecule has 348 valence electrons. The number of carbonyl (C=O) groups is 2. The Kier molecular flexibility index (Phi) is 34.7. The third kappa shape index (κ3) is 36.4. The molecule has 0 amide bonds. The van der Waals surface area contributed by atoms with E-state index in [0.29, 0.717) is 24.1 Å². The highest BCUT2D eigenvalue weighted by molar-refractivity contribution is 7.45. The Morgan fingerprint density at radius 1 is 0.617 bits per heavy atom. The summed E-state index contributed by atoms with van der Waals surface area (Å²) in [5, 5.41) is 0. The van der Waals surface area contributed by atoms with Crippen molar-refractivity contribution in [2.45, 2.75) is 200 Å². The first-order valence-electron chi connectivity index (χ1n) is 24.1. The van der Waals surface area contributed by atoms with Crippen molar-refractivity contribution in [3.05, 3.63) is 35.9 Å². The molecule has 1 rings (SSSR count). The first-order chi connectivity index (χ1) is 28.9. The zero-order chi connectivity index (χ0) is 44.0. The van der Waals surface area contributed by atoms with E-state index in [-0.39, 0.29) is 19.6 Å². The summed E-state index contributed by atoms with van der Waals surface area (Å²) in [6, 6.07) is 7.45. The molecular weight excluding hydrogens is 778 g/mol. The van der Waals surface area contributed by atoms with Gasteiger partial charge in [0.25, 0.3) is 7.82 Å². The van der Waals surface area contributed by atoms with Crippen LogP contribution in [0.25, 0.3) is 6.08 Å². The van der Waals surface area contributed by atoms with Gasteiger partial charge in [0.1, 0.15) is 38.2 Å². The molecule has 0 spiro atoms. The number of nitrogens with zero attached hydrogens (tertiary/aromatic N) is 1. The zero-order valence-electron chi connectivity index (χ0n) is 38.9. The van der Waals surface area contributed by atoms with Crippen LogP contribution in [-0.4, -0.2) is 76.6 Å². The lowest BCUT2D eigenvalue weighted by atomic mass is 10.0. The highest BCUT2D eigenvalue weighted by Crippen LogP contribution is 2.40. The van der Waals surface area contributed by atoms with E-state index in [2.05, 4.69) is 13.8 Å². The van der Waals surface area contributed by atoms with Crippen LogP contribution in [0.15, 0.2) is 30.3 Å². The van der Waals surface area contributed by atoms with Gasteiger partial charge in [-0.25, -0.2) is 4.79 Å². The molecule has 60 heavy (non-hydrogen) atoms. The van der Waals surface area contributed by atoms with Gasteiger partial charge in [0.05, 0.1) is 27.7 Å². The summed E-state index contributed by atoms with van der Waals surface area (Å²) in [5.74, 6) is -0.359. The summed E-state index contributed by atoms with van der Waals surface area (Å²) in [5.41, 5.74) is 0.778. The molecule has 0 saturated heterocycles. The van der Waals surface area contributed by atoms with E-state index in [4.69, 9.17) is 23.3 Å². The fourth-order valence-corrected chi connectivity index (χ4v) is 7.70. The number of hydrogen-bond acceptors (Lipinski definition) is 9. The largest absolute Gasteiger partial charge is 0.756 e. The molecule has 11 heteroatoms. The number of quaternary nitrogens is 1. The number of benzene rings is 1. The number of ether oxygens (including phenoxy) is 3. The maximum atomic E-state index is 12.6. The summed E-state index contributed by atoms with van der Waals surface area (Å²) in [7, 11) is 0.968. The van der Waals surface area contributed by atoms with Crippen molar-refractivity contribution in [2.75, 3.05) is 54.1 Å². The molecule has 0 saturated carbocycles. The predicted molar refractivity (Wildman–Crippen MR) is 245 cm³/mol. The molecule has 0 aliphatic rings. The van der Waals surface area contributed by atoms with E-state index >= 15 is 0 Å². The Morgan fingerprint density at radius 2 is 1.05 bits per heavy atom. The third-order valence-corrected chi connectivity index (χ3v) is 11.7. The predicted octanol–water partition coefficient (Wildman–Crippen LogP) is 12.7. The second-order valence-corrected chi connectivity index (χ2v) is 19.0. The number of rotatable bonds is 42. The second-order valence-electron chi connectivity index (χ2n) is 17.7. The first-order valence-corrected chi connectivity index (χ1v) is 25.6. The van der Waals surface area contributed by atoms with E-state index in [9.17, 15) is 19.0 Å². The average molecular weight is 866 g/mol. The summed E-state index contributed by atoms with van der Waals surface area (Å²) < 4.78 is 40.0. The summed E-state index contributed by atoms with van der Waals surface area (Å²) >= 11 is 0. The monoisotopic (exact) mass is 866 g/mol. The van der Waals surface area contributed by atoms with Crippen LogP contribution >= 0.6 is 7.82 Å². The Labute approximate surface area is 367 Å². The minimum absolute atomic E-state index is 0.0817. The van der Waals surface area contributed by atoms with Crippen molar-refractivity contribution in [3.63, 3.8) is 0 Å². The molecule has 0 bridgehead atoms. The summed E-state index contributed by atoms with van der Waals surface area (Å²) in [6.45, 7) is 4.71. The Bertz CT molecular complexity index is 1250. The Hall–Kier alpha value is -2.23. The van der Waals surface area contributed by atoms with E-state index in [0.717, 1.165) is 37.0 Å². The number of carbonyl (C=O) groups excluding carboxylic acids is 2. The quantitative estimate of drug-likeness (QED) is 0.0208. The van der Waals surface area contributed by atoms with Gasteiger partial charge in [0.15, 0.2) is 0 Å². The number of esters is 2. The fraction of sp³-hybridized carbons (Fsp3) is 0.796. The Balaban J connectivity index is 2.38. The number of unbranched alkanes of at least 4 members (excludes halogenated alkanes) is 25. The lowest BCUT2D eigenvalue weighted by molar-refractivity contribution is -0.870. The van der Waals surface area contributed by atoms with Gasteiger partial charge in [0.2, 0.25) is 0 Å². The van der Waals surface area contributed by atoms with Crippen LogP contribution in [0.1, 0.15) is 199 Å². The number of likely N-dealkylation sites (N-methyl/N-ethyl adjacent to an activating group) is 1. The second kappa shape index (κ2) is 37.3. The topological polar surface area (TPSA) is 120 Å². The standard InChI is InChI=1S/C49H88NO9P/c1-6-8-10-12-14-16-18-20-22-24-26-28-30-32-41-55-46-37-34-45(35-38-46)36-39-49(52)57-44-47(59-60(53,54)58-42-40-50(3,4)5)43-56-48(51)33-31-29-27-25-23-21-19-17-15-13-11-9-7-2/h34-39,47H,6-33,40-44H2,1-5H3/b39-36+/t47-/m0/s1. The highest BCUT2D eigenvalue weighted by Gasteiger charge is 2.23. The molecular formula is C49H88NO9P. The van der Waals surface area contributed by atoms with Gasteiger partial charge in [0, 0.05) is 12.5 Å². The maximum Gasteiger partial charge on any atom is 0.330 e. The number of phosphoric acid groups is 1.